The molecule has 1 heteroatoms. The summed E-state index contributed by atoms with van der Waals surface area (Å²) in [6.07, 6.45) is 3.97. The Bertz CT molecular complexity index is 876. The summed E-state index contributed by atoms with van der Waals surface area (Å²) in [5.74, 6) is 0.522. The fourth-order valence-corrected chi connectivity index (χ4v) is 3.90. The van der Waals surface area contributed by atoms with Crippen molar-refractivity contribution >= 4 is 27.3 Å². The molecule has 0 aliphatic heterocycles. The van der Waals surface area contributed by atoms with E-state index in [4.69, 9.17) is 0 Å². The van der Waals surface area contributed by atoms with Gasteiger partial charge in [0.2, 0.25) is 0 Å². The largest absolute Gasteiger partial charge is 0.299 e. The molecular weight excluding hydrogens is 268 g/mol. The Hall–Kier alpha value is -2.15. The van der Waals surface area contributed by atoms with Crippen molar-refractivity contribution < 1.29 is 4.79 Å². The third-order valence-corrected chi connectivity index (χ3v) is 5.05. The lowest BCUT2D eigenvalue weighted by Gasteiger charge is -2.24. The first kappa shape index (κ1) is 13.5. The maximum Gasteiger partial charge on any atom is 0.140 e. The molecule has 3 aromatic carbocycles. The molecule has 1 unspecified atom stereocenters. The number of Topliss-reactive ketones (excluding diaryl/α,β-unsaturated/α-hetero) is 1. The van der Waals surface area contributed by atoms with E-state index in [9.17, 15) is 4.79 Å². The van der Waals surface area contributed by atoms with E-state index in [1.54, 1.807) is 0 Å². The van der Waals surface area contributed by atoms with E-state index < -0.39 is 0 Å². The van der Waals surface area contributed by atoms with Crippen LogP contribution < -0.4 is 0 Å². The van der Waals surface area contributed by atoms with Crippen molar-refractivity contribution in [3.63, 3.8) is 0 Å². The maximum atomic E-state index is 12.5. The van der Waals surface area contributed by atoms with Gasteiger partial charge in [0, 0.05) is 12.3 Å². The fraction of sp³-hybridized carbons (Fsp3) is 0.286. The summed E-state index contributed by atoms with van der Waals surface area (Å²) < 4.78 is 0. The van der Waals surface area contributed by atoms with Crippen molar-refractivity contribution in [2.75, 3.05) is 0 Å². The van der Waals surface area contributed by atoms with Crippen molar-refractivity contribution in [2.24, 2.45) is 0 Å². The van der Waals surface area contributed by atoms with Gasteiger partial charge in [0.25, 0.3) is 0 Å². The lowest BCUT2D eigenvalue weighted by molar-refractivity contribution is -0.121. The summed E-state index contributed by atoms with van der Waals surface area (Å²) in [4.78, 5) is 12.5. The predicted molar refractivity (Wildman–Crippen MR) is 92.4 cm³/mol. The van der Waals surface area contributed by atoms with Gasteiger partial charge in [-0.15, -0.1) is 0 Å². The molecule has 1 nitrogen and oxygen atoms in total. The summed E-state index contributed by atoms with van der Waals surface area (Å²) in [6.45, 7) is 2.14. The van der Waals surface area contributed by atoms with Gasteiger partial charge >= 0.3 is 0 Å². The zero-order chi connectivity index (χ0) is 15.1. The van der Waals surface area contributed by atoms with Gasteiger partial charge in [0.1, 0.15) is 5.78 Å². The molecule has 1 aliphatic rings. The first-order valence-electron chi connectivity index (χ1n) is 8.19. The molecule has 4 rings (SSSR count). The van der Waals surface area contributed by atoms with Gasteiger partial charge in [-0.1, -0.05) is 42.8 Å². The molecule has 22 heavy (non-hydrogen) atoms. The normalized spacial score (nSPS) is 19.0. The number of carbonyl (C=O) groups excluding carboxylic acids is 1. The summed E-state index contributed by atoms with van der Waals surface area (Å²) in [7, 11) is 0. The zero-order valence-electron chi connectivity index (χ0n) is 12.9. The van der Waals surface area contributed by atoms with Crippen LogP contribution in [0.5, 0.6) is 0 Å². The van der Waals surface area contributed by atoms with Gasteiger partial charge in [-0.3, -0.25) is 4.79 Å². The lowest BCUT2D eigenvalue weighted by Crippen LogP contribution is -2.18. The Morgan fingerprint density at radius 3 is 2.45 bits per heavy atom. The second-order valence-corrected chi connectivity index (χ2v) is 6.48. The Morgan fingerprint density at radius 2 is 1.68 bits per heavy atom. The molecule has 110 valence electrons. The maximum absolute atomic E-state index is 12.5. The molecule has 0 amide bonds. The lowest BCUT2D eigenvalue weighted by atomic mass is 9.79. The van der Waals surface area contributed by atoms with E-state index in [-0.39, 0.29) is 5.92 Å². The fourth-order valence-electron chi connectivity index (χ4n) is 3.90. The van der Waals surface area contributed by atoms with E-state index >= 15 is 0 Å². The molecule has 1 atom stereocenters. The van der Waals surface area contributed by atoms with Crippen LogP contribution in [0.25, 0.3) is 21.5 Å². The Kier molecular flexibility index (Phi) is 3.22. The van der Waals surface area contributed by atoms with Crippen molar-refractivity contribution in [3.05, 3.63) is 59.7 Å². The summed E-state index contributed by atoms with van der Waals surface area (Å²) in [5, 5.41) is 5.03. The molecule has 0 heterocycles. The summed E-state index contributed by atoms with van der Waals surface area (Å²) in [6, 6.07) is 17.4. The highest BCUT2D eigenvalue weighted by atomic mass is 16.1. The number of hydrogen-bond donors (Lipinski definition) is 0. The Balaban J connectivity index is 2.01. The quantitative estimate of drug-likeness (QED) is 0.538. The van der Waals surface area contributed by atoms with Crippen LogP contribution in [0.15, 0.2) is 48.5 Å². The molecule has 1 saturated carbocycles. The molecule has 1 aliphatic carbocycles. The molecule has 0 aromatic heterocycles. The predicted octanol–water partition coefficient (Wildman–Crippen LogP) is 5.53. The minimum absolute atomic E-state index is 0.0959. The summed E-state index contributed by atoms with van der Waals surface area (Å²) >= 11 is 0. The number of ketones is 1. The number of hydrogen-bond acceptors (Lipinski definition) is 1. The van der Waals surface area contributed by atoms with Crippen molar-refractivity contribution in [1.29, 1.82) is 0 Å². The van der Waals surface area contributed by atoms with Crippen LogP contribution in [0.2, 0.25) is 0 Å². The van der Waals surface area contributed by atoms with E-state index in [1.165, 1.54) is 39.1 Å². The van der Waals surface area contributed by atoms with Gasteiger partial charge in [0.15, 0.2) is 0 Å². The number of aryl methyl sites for hydroxylation is 1. The first-order chi connectivity index (χ1) is 10.7. The Labute approximate surface area is 131 Å². The van der Waals surface area contributed by atoms with Crippen LogP contribution in [0.3, 0.4) is 0 Å². The monoisotopic (exact) mass is 288 g/mol. The molecule has 0 bridgehead atoms. The van der Waals surface area contributed by atoms with Crippen molar-refractivity contribution in [2.45, 2.75) is 38.5 Å². The molecule has 0 spiro atoms. The highest BCUT2D eigenvalue weighted by Crippen LogP contribution is 2.37. The van der Waals surface area contributed by atoms with Crippen molar-refractivity contribution in [1.82, 2.24) is 0 Å². The second-order valence-electron chi connectivity index (χ2n) is 6.48. The molecule has 3 aromatic rings. The number of benzene rings is 3. The smallest absolute Gasteiger partial charge is 0.140 e. The minimum atomic E-state index is 0.0959. The average Bonchev–Trinajstić information content (AvgIpc) is 2.54. The van der Waals surface area contributed by atoms with Gasteiger partial charge in [-0.25, -0.2) is 0 Å². The topological polar surface area (TPSA) is 17.1 Å². The average molecular weight is 288 g/mol. The molecule has 0 N–H and O–H groups in total. The van der Waals surface area contributed by atoms with E-state index in [2.05, 4.69) is 55.5 Å². The molecule has 0 radical (unpaired) electrons. The standard InChI is InChI=1S/C21H20O/c1-14-10-11-17-12-15-6-2-3-7-16(15)13-19(17)21(14)18-8-4-5-9-20(18)22/h2-3,6-7,10-13,18H,4-5,8-9H2,1H3. The molecular formula is C21H20O. The van der Waals surface area contributed by atoms with Crippen LogP contribution >= 0.6 is 0 Å². The SMILES string of the molecule is Cc1ccc2cc3ccccc3cc2c1C1CCCCC1=O. The van der Waals surface area contributed by atoms with Crippen molar-refractivity contribution in [3.8, 4) is 0 Å². The molecule has 0 saturated heterocycles. The first-order valence-corrected chi connectivity index (χ1v) is 8.19. The zero-order valence-corrected chi connectivity index (χ0v) is 12.9. The van der Waals surface area contributed by atoms with Gasteiger partial charge in [-0.05, 0) is 64.6 Å². The number of rotatable bonds is 1. The van der Waals surface area contributed by atoms with E-state index in [1.807, 2.05) is 0 Å². The van der Waals surface area contributed by atoms with E-state index in [0.717, 1.165) is 19.3 Å². The molecule has 1 fully saturated rings. The van der Waals surface area contributed by atoms with Crippen LogP contribution in [-0.4, -0.2) is 5.78 Å². The van der Waals surface area contributed by atoms with E-state index in [0.29, 0.717) is 5.78 Å². The van der Waals surface area contributed by atoms with Crippen LogP contribution in [-0.2, 0) is 4.79 Å². The highest BCUT2D eigenvalue weighted by molar-refractivity contribution is 6.02. The van der Waals surface area contributed by atoms with Gasteiger partial charge in [-0.2, -0.15) is 0 Å². The highest BCUT2D eigenvalue weighted by Gasteiger charge is 2.26. The van der Waals surface area contributed by atoms with Crippen LogP contribution in [0.1, 0.15) is 42.7 Å². The van der Waals surface area contributed by atoms with Gasteiger partial charge in [0.05, 0.1) is 0 Å². The Morgan fingerprint density at radius 1 is 0.909 bits per heavy atom. The second kappa shape index (κ2) is 5.24. The van der Waals surface area contributed by atoms with Gasteiger partial charge < -0.3 is 0 Å². The third kappa shape index (κ3) is 2.12. The van der Waals surface area contributed by atoms with Crippen LogP contribution in [0, 0.1) is 6.92 Å². The third-order valence-electron chi connectivity index (χ3n) is 5.05. The number of fused-ring (bicyclic) bond motifs is 2. The number of carbonyl (C=O) groups is 1. The van der Waals surface area contributed by atoms with Crippen LogP contribution in [0.4, 0.5) is 0 Å². The minimum Gasteiger partial charge on any atom is -0.299 e. The summed E-state index contributed by atoms with van der Waals surface area (Å²) in [5.41, 5.74) is 2.52.